The van der Waals surface area contributed by atoms with E-state index < -0.39 is 29.1 Å². The van der Waals surface area contributed by atoms with Crippen LogP contribution < -0.4 is 26.6 Å². The maximum absolute atomic E-state index is 13.7. The number of hydrogen-bond acceptors (Lipinski definition) is 6. The van der Waals surface area contributed by atoms with Gasteiger partial charge in [-0.15, -0.1) is 0 Å². The van der Waals surface area contributed by atoms with Crippen LogP contribution in [0.5, 0.6) is 5.75 Å². The highest BCUT2D eigenvalue weighted by Crippen LogP contribution is 2.40. The lowest BCUT2D eigenvalue weighted by molar-refractivity contribution is -0.253. The van der Waals surface area contributed by atoms with Crippen LogP contribution in [0.3, 0.4) is 0 Å². The lowest BCUT2D eigenvalue weighted by Gasteiger charge is -2.34. The van der Waals surface area contributed by atoms with Gasteiger partial charge in [-0.3, -0.25) is 0 Å². The average molecular weight is 425 g/mol. The molecule has 0 aliphatic carbocycles. The van der Waals surface area contributed by atoms with E-state index in [0.29, 0.717) is 12.0 Å². The van der Waals surface area contributed by atoms with E-state index in [1.807, 2.05) is 13.8 Å². The number of nitrogens with two attached hydrogens (primary N) is 2. The quantitative estimate of drug-likeness (QED) is 0.626. The van der Waals surface area contributed by atoms with E-state index in [-0.39, 0.29) is 29.6 Å². The predicted octanol–water partition coefficient (Wildman–Crippen LogP) is 3.05. The topological polar surface area (TPSA) is 126 Å². The number of halogens is 3. The van der Waals surface area contributed by atoms with Crippen LogP contribution >= 0.6 is 0 Å². The third-order valence-corrected chi connectivity index (χ3v) is 4.43. The zero-order valence-corrected chi connectivity index (χ0v) is 16.8. The summed E-state index contributed by atoms with van der Waals surface area (Å²) in [5, 5.41) is 13.2. The van der Waals surface area contributed by atoms with Crippen molar-refractivity contribution < 1.29 is 27.8 Å². The molecule has 0 radical (unpaired) electrons. The number of aromatic nitrogens is 1. The number of amides is 1. The first-order valence-corrected chi connectivity index (χ1v) is 9.16. The third-order valence-electron chi connectivity index (χ3n) is 4.43. The third kappa shape index (κ3) is 5.68. The molecule has 2 aromatic rings. The van der Waals surface area contributed by atoms with Gasteiger partial charge in [0.25, 0.3) is 0 Å². The summed E-state index contributed by atoms with van der Waals surface area (Å²) in [4.78, 5) is 14.8. The molecule has 164 valence electrons. The van der Waals surface area contributed by atoms with E-state index >= 15 is 0 Å². The van der Waals surface area contributed by atoms with Crippen molar-refractivity contribution in [2.45, 2.75) is 38.9 Å². The Balaban J connectivity index is 2.40. The van der Waals surface area contributed by atoms with Crippen LogP contribution in [0.25, 0.3) is 11.1 Å². The molecule has 0 saturated carbocycles. The molecule has 0 fully saturated rings. The molecule has 2 rings (SSSR count). The summed E-state index contributed by atoms with van der Waals surface area (Å²) in [7, 11) is 0. The molecule has 0 aliphatic rings. The number of rotatable bonds is 7. The molecule has 1 aromatic carbocycles. The summed E-state index contributed by atoms with van der Waals surface area (Å²) in [5.74, 6) is -0.351. The molecule has 1 aromatic heterocycles. The molecule has 5 N–H and O–H groups in total. The van der Waals surface area contributed by atoms with Gasteiger partial charge in [-0.05, 0) is 43.0 Å². The van der Waals surface area contributed by atoms with E-state index in [2.05, 4.69) is 10.3 Å². The highest BCUT2D eigenvalue weighted by atomic mass is 19.4. The lowest BCUT2D eigenvalue weighted by Crippen LogP contribution is -2.55. The fraction of sp³-hybridized carbons (Fsp3) is 0.400. The minimum Gasteiger partial charge on any atom is -0.530 e. The number of nitrogen functional groups attached to an aromatic ring is 2. The second-order valence-corrected chi connectivity index (χ2v) is 7.73. The second-order valence-electron chi connectivity index (χ2n) is 7.73. The van der Waals surface area contributed by atoms with Crippen molar-refractivity contribution in [2.75, 3.05) is 18.1 Å². The van der Waals surface area contributed by atoms with Crippen molar-refractivity contribution >= 4 is 17.6 Å². The molecule has 30 heavy (non-hydrogen) atoms. The van der Waals surface area contributed by atoms with Crippen molar-refractivity contribution in [3.05, 3.63) is 36.0 Å². The summed E-state index contributed by atoms with van der Waals surface area (Å²) < 4.78 is 46.5. The number of carbonyl (C=O) groups excluding carboxylic acids is 1. The summed E-state index contributed by atoms with van der Waals surface area (Å²) in [6.45, 7) is 4.95. The van der Waals surface area contributed by atoms with Gasteiger partial charge in [0.2, 0.25) is 0 Å². The maximum Gasteiger partial charge on any atom is 0.419 e. The van der Waals surface area contributed by atoms with E-state index in [1.165, 1.54) is 24.4 Å². The minimum atomic E-state index is -4.71. The van der Waals surface area contributed by atoms with Crippen LogP contribution in [0.4, 0.5) is 29.5 Å². The van der Waals surface area contributed by atoms with E-state index in [4.69, 9.17) is 16.2 Å². The van der Waals surface area contributed by atoms with Gasteiger partial charge in [0, 0.05) is 11.8 Å². The lowest BCUT2D eigenvalue weighted by atomic mass is 9.91. The molecule has 1 heterocycles. The molecule has 0 saturated heterocycles. The molecule has 0 bridgehead atoms. The Bertz CT molecular complexity index is 919. The van der Waals surface area contributed by atoms with Gasteiger partial charge in [-0.1, -0.05) is 19.9 Å². The maximum atomic E-state index is 13.7. The predicted molar refractivity (Wildman–Crippen MR) is 105 cm³/mol. The molecular formula is C20H24F3N4O3-. The standard InChI is InChI=1S/C20H25F3N4O3/c1-11(2)9-19(3,27-18(28)29)10-30-15-5-4-12(8-14(15)20(21,22)23)13-6-7-26-17(25)16(13)24/h4-8,11,27H,9-10,24H2,1-3H3,(H2,25,26)(H,28,29)/p-1. The fourth-order valence-corrected chi connectivity index (χ4v) is 3.32. The largest absolute Gasteiger partial charge is 0.530 e. The molecule has 1 atom stereocenters. The van der Waals surface area contributed by atoms with Crippen molar-refractivity contribution in [1.82, 2.24) is 10.3 Å². The van der Waals surface area contributed by atoms with Crippen LogP contribution in [0.1, 0.15) is 32.8 Å². The van der Waals surface area contributed by atoms with Gasteiger partial charge >= 0.3 is 6.18 Å². The Labute approximate surface area is 172 Å². The van der Waals surface area contributed by atoms with E-state index in [1.54, 1.807) is 6.92 Å². The fourth-order valence-electron chi connectivity index (χ4n) is 3.32. The Morgan fingerprint density at radius 2 is 1.93 bits per heavy atom. The zero-order valence-electron chi connectivity index (χ0n) is 16.8. The number of pyridine rings is 1. The van der Waals surface area contributed by atoms with Crippen LogP contribution in [-0.2, 0) is 6.18 Å². The smallest absolute Gasteiger partial charge is 0.419 e. The molecule has 0 spiro atoms. The van der Waals surface area contributed by atoms with E-state index in [9.17, 15) is 23.1 Å². The van der Waals surface area contributed by atoms with Gasteiger partial charge in [0.05, 0.1) is 16.8 Å². The number of ether oxygens (including phenoxy) is 1. The van der Waals surface area contributed by atoms with Crippen molar-refractivity contribution in [2.24, 2.45) is 5.92 Å². The molecule has 0 aliphatic heterocycles. The first kappa shape index (κ1) is 23.1. The number of nitrogens with zero attached hydrogens (tertiary/aromatic N) is 1. The van der Waals surface area contributed by atoms with Crippen LogP contribution in [0.15, 0.2) is 30.5 Å². The van der Waals surface area contributed by atoms with Crippen molar-refractivity contribution in [1.29, 1.82) is 0 Å². The number of carboxylic acid groups (broad SMARTS) is 1. The number of benzene rings is 1. The SMILES string of the molecule is CC(C)CC(C)(COc1ccc(-c2ccnc(N)c2N)cc1C(F)(F)F)NC(=O)[O-]. The number of nitrogens with one attached hydrogen (secondary N) is 1. The Morgan fingerprint density at radius 3 is 2.50 bits per heavy atom. The molecule has 1 amide bonds. The minimum absolute atomic E-state index is 0.0131. The van der Waals surface area contributed by atoms with Crippen molar-refractivity contribution in [3.63, 3.8) is 0 Å². The Kier molecular flexibility index (Phi) is 6.69. The summed E-state index contributed by atoms with van der Waals surface area (Å²) in [6.07, 6.45) is -4.55. The summed E-state index contributed by atoms with van der Waals surface area (Å²) in [6, 6.07) is 4.96. The normalized spacial score (nSPS) is 13.7. The Morgan fingerprint density at radius 1 is 1.27 bits per heavy atom. The van der Waals surface area contributed by atoms with Crippen LogP contribution in [0.2, 0.25) is 0 Å². The number of anilines is 2. The first-order valence-electron chi connectivity index (χ1n) is 9.16. The van der Waals surface area contributed by atoms with Gasteiger partial charge < -0.3 is 31.4 Å². The monoisotopic (exact) mass is 425 g/mol. The number of hydrogen-bond donors (Lipinski definition) is 3. The van der Waals surface area contributed by atoms with E-state index in [0.717, 1.165) is 6.07 Å². The highest BCUT2D eigenvalue weighted by Gasteiger charge is 2.36. The highest BCUT2D eigenvalue weighted by molar-refractivity contribution is 5.82. The van der Waals surface area contributed by atoms with Crippen molar-refractivity contribution in [3.8, 4) is 16.9 Å². The zero-order chi connectivity index (χ0) is 22.7. The number of carbonyl (C=O) groups is 1. The molecular weight excluding hydrogens is 401 g/mol. The number of alkyl halides is 3. The summed E-state index contributed by atoms with van der Waals surface area (Å²) in [5.41, 5.74) is 9.92. The average Bonchev–Trinajstić information content (AvgIpc) is 2.60. The second kappa shape index (κ2) is 8.68. The summed E-state index contributed by atoms with van der Waals surface area (Å²) >= 11 is 0. The van der Waals surface area contributed by atoms with Gasteiger partial charge in [-0.25, -0.2) is 4.98 Å². The Hall–Kier alpha value is -3.17. The molecule has 10 heteroatoms. The van der Waals surface area contributed by atoms with Crippen LogP contribution in [-0.4, -0.2) is 23.2 Å². The van der Waals surface area contributed by atoms with Crippen LogP contribution in [0, 0.1) is 5.92 Å². The first-order chi connectivity index (χ1) is 13.8. The van der Waals surface area contributed by atoms with Gasteiger partial charge in [0.1, 0.15) is 24.3 Å². The molecule has 7 nitrogen and oxygen atoms in total. The molecule has 1 unspecified atom stereocenters. The van der Waals surface area contributed by atoms with Gasteiger partial charge in [0.15, 0.2) is 0 Å². The van der Waals surface area contributed by atoms with Gasteiger partial charge in [-0.2, -0.15) is 13.2 Å².